The molecule has 3 aromatic heterocycles. The molecule has 0 aliphatic rings. The number of nitrogens with two attached hydrogens (primary N) is 2. The van der Waals surface area contributed by atoms with Gasteiger partial charge in [0.2, 0.25) is 0 Å². The van der Waals surface area contributed by atoms with E-state index in [-0.39, 0.29) is 0 Å². The highest BCUT2D eigenvalue weighted by Crippen LogP contribution is 2.32. The van der Waals surface area contributed by atoms with Crippen LogP contribution in [0.1, 0.15) is 11.4 Å². The van der Waals surface area contributed by atoms with Gasteiger partial charge in [-0.25, -0.2) is 9.97 Å². The number of anilines is 2. The number of hydrogen-bond acceptors (Lipinski definition) is 10. The number of nitrogens with zero attached hydrogens (tertiary/aromatic N) is 10. The summed E-state index contributed by atoms with van der Waals surface area (Å²) in [6.45, 7) is 3.60. The fourth-order valence-corrected chi connectivity index (χ4v) is 3.44. The predicted octanol–water partition coefficient (Wildman–Crippen LogP) is 5.46. The Morgan fingerprint density at radius 1 is 0.611 bits per heavy atom. The van der Waals surface area contributed by atoms with E-state index in [4.69, 9.17) is 11.5 Å². The minimum Gasteiger partial charge on any atom is -0.382 e. The van der Waals surface area contributed by atoms with Gasteiger partial charge in [0.05, 0.1) is 22.8 Å². The van der Waals surface area contributed by atoms with Crippen LogP contribution in [0.25, 0.3) is 11.6 Å². The molecule has 0 aliphatic carbocycles. The van der Waals surface area contributed by atoms with E-state index in [2.05, 4.69) is 40.6 Å². The number of hydrogen-bond donors (Lipinski definition) is 2. The van der Waals surface area contributed by atoms with Crippen LogP contribution in [0.5, 0.6) is 0 Å². The second-order valence-corrected chi connectivity index (χ2v) is 7.77. The van der Waals surface area contributed by atoms with Gasteiger partial charge in [-0.05, 0) is 38.1 Å². The standard InChI is InChI=1S/C24H22N12/c1-15-21(31-29-17-9-5-3-6-10-17)23(25)35(33-15)19-13-20(28-14-27-19)36-24(26)22(16(2)34-36)32-30-18-11-7-4-8-12-18/h3-14H,25-26H2,1-2H3. The van der Waals surface area contributed by atoms with Crippen molar-refractivity contribution in [3.05, 3.63) is 84.4 Å². The highest BCUT2D eigenvalue weighted by atomic mass is 15.4. The van der Waals surface area contributed by atoms with E-state index in [0.717, 1.165) is 0 Å². The second kappa shape index (κ2) is 9.54. The highest BCUT2D eigenvalue weighted by molar-refractivity contribution is 5.65. The Bertz CT molecular complexity index is 1450. The Morgan fingerprint density at radius 3 is 1.44 bits per heavy atom. The van der Waals surface area contributed by atoms with Crippen LogP contribution in [0.2, 0.25) is 0 Å². The van der Waals surface area contributed by atoms with Crippen LogP contribution in [-0.4, -0.2) is 29.5 Å². The topological polar surface area (TPSA) is 163 Å². The van der Waals surface area contributed by atoms with Gasteiger partial charge in [-0.15, -0.1) is 10.2 Å². The molecule has 0 spiro atoms. The van der Waals surface area contributed by atoms with Gasteiger partial charge >= 0.3 is 0 Å². The summed E-state index contributed by atoms with van der Waals surface area (Å²) < 4.78 is 2.95. The van der Waals surface area contributed by atoms with E-state index in [0.29, 0.717) is 57.4 Å². The normalized spacial score (nSPS) is 11.6. The maximum atomic E-state index is 6.35. The van der Waals surface area contributed by atoms with E-state index in [1.54, 1.807) is 19.9 Å². The molecule has 12 nitrogen and oxygen atoms in total. The Kier molecular flexibility index (Phi) is 5.97. The van der Waals surface area contributed by atoms with Gasteiger partial charge in [-0.1, -0.05) is 36.4 Å². The number of azo groups is 2. The summed E-state index contributed by atoms with van der Waals surface area (Å²) in [6, 6.07) is 20.4. The molecule has 36 heavy (non-hydrogen) atoms. The minimum atomic E-state index is 0.291. The lowest BCUT2D eigenvalue weighted by molar-refractivity contribution is 0.801. The average Bonchev–Trinajstić information content (AvgIpc) is 3.36. The fourth-order valence-electron chi connectivity index (χ4n) is 3.44. The van der Waals surface area contributed by atoms with Gasteiger partial charge in [0.25, 0.3) is 0 Å². The Hall–Kier alpha value is -5.26. The summed E-state index contributed by atoms with van der Waals surface area (Å²) in [5.74, 6) is 1.42. The first-order valence-corrected chi connectivity index (χ1v) is 11.0. The fraction of sp³-hybridized carbons (Fsp3) is 0.0833. The van der Waals surface area contributed by atoms with Gasteiger partial charge < -0.3 is 11.5 Å². The molecule has 0 bridgehead atoms. The Labute approximate surface area is 206 Å². The van der Waals surface area contributed by atoms with Crippen molar-refractivity contribution in [2.75, 3.05) is 11.5 Å². The molecule has 3 heterocycles. The van der Waals surface area contributed by atoms with E-state index >= 15 is 0 Å². The van der Waals surface area contributed by atoms with Gasteiger partial charge in [0.1, 0.15) is 6.33 Å². The highest BCUT2D eigenvalue weighted by Gasteiger charge is 2.18. The van der Waals surface area contributed by atoms with E-state index in [1.807, 2.05) is 60.7 Å². The smallest absolute Gasteiger partial charge is 0.161 e. The van der Waals surface area contributed by atoms with Gasteiger partial charge in [0.15, 0.2) is 34.6 Å². The molecule has 178 valence electrons. The number of aromatic nitrogens is 6. The lowest BCUT2D eigenvalue weighted by atomic mass is 10.3. The number of rotatable bonds is 6. The van der Waals surface area contributed by atoms with Crippen molar-refractivity contribution < 1.29 is 0 Å². The largest absolute Gasteiger partial charge is 0.382 e. The molecule has 5 rings (SSSR count). The first kappa shape index (κ1) is 22.5. The van der Waals surface area contributed by atoms with Crippen molar-refractivity contribution in [1.29, 1.82) is 0 Å². The molecular formula is C24H22N12. The third kappa shape index (κ3) is 4.42. The van der Waals surface area contributed by atoms with E-state index < -0.39 is 0 Å². The zero-order chi connectivity index (χ0) is 25.1. The van der Waals surface area contributed by atoms with Crippen LogP contribution < -0.4 is 11.5 Å². The lowest BCUT2D eigenvalue weighted by Gasteiger charge is -2.06. The number of benzene rings is 2. The first-order valence-electron chi connectivity index (χ1n) is 11.0. The summed E-state index contributed by atoms with van der Waals surface area (Å²) in [5, 5.41) is 26.0. The zero-order valence-corrected chi connectivity index (χ0v) is 19.6. The van der Waals surface area contributed by atoms with Crippen LogP contribution in [0, 0.1) is 13.8 Å². The average molecular weight is 479 g/mol. The van der Waals surface area contributed by atoms with E-state index in [1.165, 1.54) is 15.7 Å². The summed E-state index contributed by atoms with van der Waals surface area (Å²) >= 11 is 0. The van der Waals surface area contributed by atoms with Crippen molar-refractivity contribution in [2.24, 2.45) is 20.5 Å². The summed E-state index contributed by atoms with van der Waals surface area (Å²) in [5.41, 5.74) is 16.2. The molecular weight excluding hydrogens is 456 g/mol. The summed E-state index contributed by atoms with van der Waals surface area (Å²) in [6.07, 6.45) is 1.38. The van der Waals surface area contributed by atoms with Crippen LogP contribution in [0.4, 0.5) is 34.4 Å². The molecule has 0 amide bonds. The number of nitrogen functional groups attached to an aromatic ring is 2. The maximum Gasteiger partial charge on any atom is 0.161 e. The molecule has 0 saturated heterocycles. The predicted molar refractivity (Wildman–Crippen MR) is 136 cm³/mol. The monoisotopic (exact) mass is 478 g/mol. The van der Waals surface area contributed by atoms with Crippen molar-refractivity contribution in [1.82, 2.24) is 29.5 Å². The van der Waals surface area contributed by atoms with Crippen molar-refractivity contribution in [3.8, 4) is 11.6 Å². The van der Waals surface area contributed by atoms with Crippen molar-refractivity contribution in [2.45, 2.75) is 13.8 Å². The molecule has 0 radical (unpaired) electrons. The zero-order valence-electron chi connectivity index (χ0n) is 19.6. The van der Waals surface area contributed by atoms with Crippen LogP contribution in [-0.2, 0) is 0 Å². The van der Waals surface area contributed by atoms with Gasteiger partial charge in [-0.2, -0.15) is 29.8 Å². The molecule has 2 aromatic carbocycles. The van der Waals surface area contributed by atoms with Crippen molar-refractivity contribution in [3.63, 3.8) is 0 Å². The van der Waals surface area contributed by atoms with Crippen LogP contribution >= 0.6 is 0 Å². The van der Waals surface area contributed by atoms with Crippen molar-refractivity contribution >= 4 is 34.4 Å². The molecule has 0 fully saturated rings. The summed E-state index contributed by atoms with van der Waals surface area (Å²) in [7, 11) is 0. The Morgan fingerprint density at radius 2 is 1.03 bits per heavy atom. The van der Waals surface area contributed by atoms with E-state index in [9.17, 15) is 0 Å². The van der Waals surface area contributed by atoms with Crippen LogP contribution in [0.3, 0.4) is 0 Å². The second-order valence-electron chi connectivity index (χ2n) is 7.77. The third-order valence-corrected chi connectivity index (χ3v) is 5.24. The molecule has 0 atom stereocenters. The van der Waals surface area contributed by atoms with Gasteiger partial charge in [-0.3, -0.25) is 0 Å². The quantitative estimate of drug-likeness (QED) is 0.308. The van der Waals surface area contributed by atoms with Gasteiger partial charge in [0, 0.05) is 6.07 Å². The molecule has 0 saturated carbocycles. The first-order chi connectivity index (χ1) is 17.5. The Balaban J connectivity index is 1.47. The molecule has 5 aromatic rings. The molecule has 0 unspecified atom stereocenters. The minimum absolute atomic E-state index is 0.291. The molecule has 0 aliphatic heterocycles. The summed E-state index contributed by atoms with van der Waals surface area (Å²) in [4.78, 5) is 8.63. The maximum absolute atomic E-state index is 6.35. The third-order valence-electron chi connectivity index (χ3n) is 5.24. The van der Waals surface area contributed by atoms with Crippen LogP contribution in [0.15, 0.2) is 93.5 Å². The number of aryl methyl sites for hydroxylation is 2. The SMILES string of the molecule is Cc1nn(-c2cc(-n3nc(C)c(N=Nc4ccccc4)c3N)ncn2)c(N)c1N=Nc1ccccc1. The molecule has 4 N–H and O–H groups in total. The molecule has 12 heteroatoms. The lowest BCUT2D eigenvalue weighted by Crippen LogP contribution is -2.09.